The molecular formula is C12H26N2O3S. The average molecular weight is 278 g/mol. The molecule has 1 aliphatic rings. The summed E-state index contributed by atoms with van der Waals surface area (Å²) in [6, 6.07) is 0.234. The van der Waals surface area contributed by atoms with Crippen molar-refractivity contribution in [3.63, 3.8) is 0 Å². The van der Waals surface area contributed by atoms with E-state index in [1.165, 1.54) is 17.1 Å². The van der Waals surface area contributed by atoms with E-state index in [9.17, 15) is 8.42 Å². The zero-order valence-electron chi connectivity index (χ0n) is 11.4. The van der Waals surface area contributed by atoms with Gasteiger partial charge in [-0.15, -0.1) is 0 Å². The number of hydrogen-bond donors (Lipinski definition) is 2. The second-order valence-electron chi connectivity index (χ2n) is 5.18. The molecule has 1 saturated heterocycles. The lowest BCUT2D eigenvalue weighted by Crippen LogP contribution is -2.42. The van der Waals surface area contributed by atoms with Gasteiger partial charge < -0.3 is 10.4 Å². The molecule has 2 N–H and O–H groups in total. The monoisotopic (exact) mass is 278 g/mol. The van der Waals surface area contributed by atoms with Crippen molar-refractivity contribution >= 4 is 10.0 Å². The fourth-order valence-corrected chi connectivity index (χ4v) is 4.21. The molecule has 0 saturated carbocycles. The zero-order valence-corrected chi connectivity index (χ0v) is 12.2. The maximum atomic E-state index is 12.2. The van der Waals surface area contributed by atoms with Crippen LogP contribution in [0.15, 0.2) is 0 Å². The molecule has 1 fully saturated rings. The predicted octanol–water partition coefficient (Wildman–Crippen LogP) is 0.551. The molecule has 0 amide bonds. The van der Waals surface area contributed by atoms with Crippen LogP contribution in [0.1, 0.15) is 39.5 Å². The van der Waals surface area contributed by atoms with Gasteiger partial charge >= 0.3 is 0 Å². The molecule has 1 rings (SSSR count). The van der Waals surface area contributed by atoms with Crippen LogP contribution in [0.4, 0.5) is 0 Å². The summed E-state index contributed by atoms with van der Waals surface area (Å²) in [6.07, 6.45) is 4.10. The number of aliphatic hydroxyl groups excluding tert-OH is 1. The van der Waals surface area contributed by atoms with Crippen LogP contribution in [-0.4, -0.2) is 55.4 Å². The normalized spacial score (nSPS) is 21.7. The van der Waals surface area contributed by atoms with Gasteiger partial charge in [-0.1, -0.05) is 6.42 Å². The minimum atomic E-state index is -3.25. The van der Waals surface area contributed by atoms with Crippen molar-refractivity contribution in [2.45, 2.75) is 51.6 Å². The van der Waals surface area contributed by atoms with Gasteiger partial charge in [0.05, 0.1) is 12.4 Å². The highest BCUT2D eigenvalue weighted by atomic mass is 32.2. The Morgan fingerprint density at radius 1 is 1.39 bits per heavy atom. The highest BCUT2D eigenvalue weighted by Crippen LogP contribution is 2.14. The number of sulfonamides is 1. The molecule has 1 atom stereocenters. The van der Waals surface area contributed by atoms with Crippen LogP contribution in [0.5, 0.6) is 0 Å². The summed E-state index contributed by atoms with van der Waals surface area (Å²) in [7, 11) is -3.25. The van der Waals surface area contributed by atoms with Crippen molar-refractivity contribution < 1.29 is 13.5 Å². The van der Waals surface area contributed by atoms with Gasteiger partial charge in [0.2, 0.25) is 10.0 Å². The van der Waals surface area contributed by atoms with Gasteiger partial charge in [0.15, 0.2) is 0 Å². The van der Waals surface area contributed by atoms with Gasteiger partial charge in [-0.25, -0.2) is 8.42 Å². The van der Waals surface area contributed by atoms with Crippen LogP contribution in [0.3, 0.4) is 0 Å². The largest absolute Gasteiger partial charge is 0.395 e. The summed E-state index contributed by atoms with van der Waals surface area (Å²) in [6.45, 7) is 4.74. The molecule has 0 aromatic rings. The first kappa shape index (κ1) is 15.9. The second kappa shape index (κ2) is 7.43. The summed E-state index contributed by atoms with van der Waals surface area (Å²) in [4.78, 5) is 0. The van der Waals surface area contributed by atoms with Gasteiger partial charge in [-0.2, -0.15) is 4.31 Å². The van der Waals surface area contributed by atoms with Gasteiger partial charge in [-0.3, -0.25) is 0 Å². The number of aliphatic hydroxyl groups is 1. The van der Waals surface area contributed by atoms with Crippen LogP contribution in [0.25, 0.3) is 0 Å². The summed E-state index contributed by atoms with van der Waals surface area (Å²) in [5, 5.41) is 12.3. The standard InChI is InChI=1S/C12H26N2O3S/c1-11(2)14(8-9-15)18(16,17)10-6-12-5-3-4-7-13-12/h11-13,15H,3-10H2,1-2H3. The zero-order chi connectivity index (χ0) is 13.6. The first-order chi connectivity index (χ1) is 8.47. The lowest BCUT2D eigenvalue weighted by Gasteiger charge is -2.27. The minimum Gasteiger partial charge on any atom is -0.395 e. The molecular weight excluding hydrogens is 252 g/mol. The molecule has 0 radical (unpaired) electrons. The van der Waals surface area contributed by atoms with Crippen LogP contribution in [0.2, 0.25) is 0 Å². The van der Waals surface area contributed by atoms with Gasteiger partial charge in [0.1, 0.15) is 0 Å². The van der Waals surface area contributed by atoms with Crippen LogP contribution in [-0.2, 0) is 10.0 Å². The first-order valence-corrected chi connectivity index (χ1v) is 8.42. The third-order valence-electron chi connectivity index (χ3n) is 3.39. The van der Waals surface area contributed by atoms with Crippen molar-refractivity contribution in [2.75, 3.05) is 25.4 Å². The molecule has 1 unspecified atom stereocenters. The number of hydrogen-bond acceptors (Lipinski definition) is 4. The minimum absolute atomic E-state index is 0.0959. The number of rotatable bonds is 7. The van der Waals surface area contributed by atoms with E-state index in [4.69, 9.17) is 5.11 Å². The number of nitrogens with one attached hydrogen (secondary N) is 1. The van der Waals surface area contributed by atoms with E-state index in [-0.39, 0.29) is 24.9 Å². The Morgan fingerprint density at radius 2 is 2.11 bits per heavy atom. The Bertz CT molecular complexity index is 324. The number of piperidine rings is 1. The van der Waals surface area contributed by atoms with Crippen LogP contribution >= 0.6 is 0 Å². The van der Waals surface area contributed by atoms with Gasteiger partial charge in [-0.05, 0) is 39.7 Å². The van der Waals surface area contributed by atoms with Crippen LogP contribution < -0.4 is 5.32 Å². The molecule has 0 aromatic carbocycles. The Balaban J connectivity index is 2.50. The highest BCUT2D eigenvalue weighted by molar-refractivity contribution is 7.89. The molecule has 0 bridgehead atoms. The smallest absolute Gasteiger partial charge is 0.214 e. The third-order valence-corrected chi connectivity index (χ3v) is 5.46. The fraction of sp³-hybridized carbons (Fsp3) is 1.00. The Hall–Kier alpha value is -0.170. The van der Waals surface area contributed by atoms with Gasteiger partial charge in [0.25, 0.3) is 0 Å². The van der Waals surface area contributed by atoms with E-state index >= 15 is 0 Å². The molecule has 0 spiro atoms. The van der Waals surface area contributed by atoms with E-state index in [1.54, 1.807) is 0 Å². The van der Waals surface area contributed by atoms with Crippen molar-refractivity contribution in [3.05, 3.63) is 0 Å². The Morgan fingerprint density at radius 3 is 2.61 bits per heavy atom. The lowest BCUT2D eigenvalue weighted by atomic mass is 10.0. The molecule has 5 nitrogen and oxygen atoms in total. The predicted molar refractivity (Wildman–Crippen MR) is 73.0 cm³/mol. The quantitative estimate of drug-likeness (QED) is 0.713. The number of nitrogens with zero attached hydrogens (tertiary/aromatic N) is 1. The second-order valence-corrected chi connectivity index (χ2v) is 7.22. The SMILES string of the molecule is CC(C)N(CCO)S(=O)(=O)CCC1CCCCN1. The van der Waals surface area contributed by atoms with E-state index in [0.717, 1.165) is 13.0 Å². The Kier molecular flexibility index (Phi) is 6.55. The average Bonchev–Trinajstić information content (AvgIpc) is 2.34. The van der Waals surface area contributed by atoms with Crippen molar-refractivity contribution in [2.24, 2.45) is 0 Å². The lowest BCUT2D eigenvalue weighted by molar-refractivity contribution is 0.236. The maximum absolute atomic E-state index is 12.2. The molecule has 108 valence electrons. The van der Waals surface area contributed by atoms with E-state index in [1.807, 2.05) is 13.8 Å². The summed E-state index contributed by atoms with van der Waals surface area (Å²) >= 11 is 0. The fourth-order valence-electron chi connectivity index (χ4n) is 2.40. The van der Waals surface area contributed by atoms with E-state index < -0.39 is 10.0 Å². The van der Waals surface area contributed by atoms with Crippen molar-refractivity contribution in [1.82, 2.24) is 9.62 Å². The molecule has 0 aromatic heterocycles. The van der Waals surface area contributed by atoms with E-state index in [2.05, 4.69) is 5.32 Å². The summed E-state index contributed by atoms with van der Waals surface area (Å²) in [5.41, 5.74) is 0. The van der Waals surface area contributed by atoms with Gasteiger partial charge in [0, 0.05) is 18.6 Å². The highest BCUT2D eigenvalue weighted by Gasteiger charge is 2.25. The summed E-state index contributed by atoms with van der Waals surface area (Å²) < 4.78 is 25.8. The Labute approximate surface area is 111 Å². The topological polar surface area (TPSA) is 69.6 Å². The van der Waals surface area contributed by atoms with Crippen molar-refractivity contribution in [3.8, 4) is 0 Å². The maximum Gasteiger partial charge on any atom is 0.214 e. The van der Waals surface area contributed by atoms with E-state index in [0.29, 0.717) is 12.5 Å². The first-order valence-electron chi connectivity index (χ1n) is 6.81. The summed E-state index contributed by atoms with van der Waals surface area (Å²) in [5.74, 6) is 0.169. The molecule has 1 heterocycles. The van der Waals surface area contributed by atoms with Crippen molar-refractivity contribution in [1.29, 1.82) is 0 Å². The molecule has 1 aliphatic heterocycles. The molecule has 6 heteroatoms. The third kappa shape index (κ3) is 4.84. The van der Waals surface area contributed by atoms with Crippen LogP contribution in [0, 0.1) is 0 Å². The molecule has 18 heavy (non-hydrogen) atoms. The molecule has 0 aliphatic carbocycles.